The number of ether oxygens (including phenoxy) is 2. The maximum Gasteiger partial charge on any atom is 0.190 e. The van der Waals surface area contributed by atoms with Gasteiger partial charge in [-0.05, 0) is 25.5 Å². The maximum atomic E-state index is 5.95. The minimum atomic E-state index is -0.252. The van der Waals surface area contributed by atoms with Crippen molar-refractivity contribution < 1.29 is 9.47 Å². The standard InChI is InChI=1S/C15H16N2O2S/c1-3-10-9(2)15(20)17-14(16-10)13-8-18-11-6-4-5-7-12(11)19-13/h4-7,13H,3,8H2,1-2H3,(H,16,17,20). The van der Waals surface area contributed by atoms with Crippen LogP contribution in [0.5, 0.6) is 11.5 Å². The first-order chi connectivity index (χ1) is 9.69. The van der Waals surface area contributed by atoms with E-state index < -0.39 is 0 Å². The fourth-order valence-corrected chi connectivity index (χ4v) is 2.48. The van der Waals surface area contributed by atoms with Crippen LogP contribution in [-0.4, -0.2) is 16.6 Å². The highest BCUT2D eigenvalue weighted by Gasteiger charge is 2.24. The summed E-state index contributed by atoms with van der Waals surface area (Å²) in [6.07, 6.45) is 0.632. The first-order valence-electron chi connectivity index (χ1n) is 6.67. The molecule has 0 fully saturated rings. The molecule has 1 atom stereocenters. The van der Waals surface area contributed by atoms with E-state index in [-0.39, 0.29) is 6.10 Å². The van der Waals surface area contributed by atoms with Crippen LogP contribution in [0.4, 0.5) is 0 Å². The predicted molar refractivity (Wildman–Crippen MR) is 78.8 cm³/mol. The summed E-state index contributed by atoms with van der Waals surface area (Å²) in [5.74, 6) is 2.24. The number of rotatable bonds is 2. The third-order valence-electron chi connectivity index (χ3n) is 3.44. The highest BCUT2D eigenvalue weighted by molar-refractivity contribution is 7.71. The van der Waals surface area contributed by atoms with Gasteiger partial charge in [0.15, 0.2) is 23.4 Å². The Kier molecular flexibility index (Phi) is 3.44. The van der Waals surface area contributed by atoms with Crippen molar-refractivity contribution in [3.05, 3.63) is 46.0 Å². The van der Waals surface area contributed by atoms with Crippen molar-refractivity contribution in [3.63, 3.8) is 0 Å². The van der Waals surface area contributed by atoms with Gasteiger partial charge in [-0.2, -0.15) is 0 Å². The molecular formula is C15H16N2O2S. The molecule has 1 N–H and O–H groups in total. The second kappa shape index (κ2) is 5.25. The number of benzene rings is 1. The summed E-state index contributed by atoms with van der Waals surface area (Å²) in [4.78, 5) is 7.75. The van der Waals surface area contributed by atoms with Gasteiger partial charge < -0.3 is 14.5 Å². The molecule has 3 rings (SSSR count). The number of hydrogen-bond acceptors (Lipinski definition) is 4. The van der Waals surface area contributed by atoms with Crippen LogP contribution in [0.1, 0.15) is 30.1 Å². The molecule has 20 heavy (non-hydrogen) atoms. The van der Waals surface area contributed by atoms with Crippen LogP contribution in [0.25, 0.3) is 0 Å². The Morgan fingerprint density at radius 3 is 2.85 bits per heavy atom. The Balaban J connectivity index is 1.96. The summed E-state index contributed by atoms with van der Waals surface area (Å²) in [5.41, 5.74) is 2.13. The van der Waals surface area contributed by atoms with Crippen molar-refractivity contribution in [3.8, 4) is 11.5 Å². The number of para-hydroxylation sites is 2. The van der Waals surface area contributed by atoms with E-state index in [1.807, 2.05) is 31.2 Å². The van der Waals surface area contributed by atoms with Gasteiger partial charge in [0.1, 0.15) is 11.2 Å². The van der Waals surface area contributed by atoms with Gasteiger partial charge in [0.25, 0.3) is 0 Å². The molecule has 0 saturated carbocycles. The quantitative estimate of drug-likeness (QED) is 0.859. The Morgan fingerprint density at radius 2 is 2.10 bits per heavy atom. The number of aryl methyl sites for hydroxylation is 1. The van der Waals surface area contributed by atoms with E-state index in [2.05, 4.69) is 16.9 Å². The highest BCUT2D eigenvalue weighted by atomic mass is 32.1. The SMILES string of the molecule is CCc1[nH]c(C2COc3ccccc3O2)nc(=S)c1C. The predicted octanol–water partition coefficient (Wildman–Crippen LogP) is 3.52. The zero-order valence-corrected chi connectivity index (χ0v) is 12.3. The lowest BCUT2D eigenvalue weighted by Gasteiger charge is -2.26. The minimum absolute atomic E-state index is 0.252. The van der Waals surface area contributed by atoms with E-state index in [1.165, 1.54) is 0 Å². The Morgan fingerprint density at radius 1 is 1.35 bits per heavy atom. The smallest absolute Gasteiger partial charge is 0.190 e. The molecule has 0 saturated heterocycles. The molecule has 2 aromatic rings. The van der Waals surface area contributed by atoms with Crippen molar-refractivity contribution in [1.29, 1.82) is 0 Å². The van der Waals surface area contributed by atoms with Gasteiger partial charge in [-0.25, -0.2) is 4.98 Å². The third-order valence-corrected chi connectivity index (χ3v) is 3.84. The van der Waals surface area contributed by atoms with Crippen LogP contribution in [0.2, 0.25) is 0 Å². The Labute approximate surface area is 122 Å². The van der Waals surface area contributed by atoms with Gasteiger partial charge >= 0.3 is 0 Å². The topological polar surface area (TPSA) is 47.1 Å². The largest absolute Gasteiger partial charge is 0.485 e. The van der Waals surface area contributed by atoms with Crippen LogP contribution >= 0.6 is 12.2 Å². The number of aromatic nitrogens is 2. The molecule has 2 heterocycles. The average Bonchev–Trinajstić information content (AvgIpc) is 2.49. The lowest BCUT2D eigenvalue weighted by molar-refractivity contribution is 0.0848. The van der Waals surface area contributed by atoms with Crippen LogP contribution in [0.15, 0.2) is 24.3 Å². The van der Waals surface area contributed by atoms with Crippen molar-refractivity contribution in [2.45, 2.75) is 26.4 Å². The molecule has 0 bridgehead atoms. The monoisotopic (exact) mass is 288 g/mol. The minimum Gasteiger partial charge on any atom is -0.485 e. The van der Waals surface area contributed by atoms with Gasteiger partial charge in [-0.15, -0.1) is 0 Å². The number of nitrogens with zero attached hydrogens (tertiary/aromatic N) is 1. The summed E-state index contributed by atoms with van der Waals surface area (Å²) < 4.78 is 12.3. The molecule has 1 aliphatic heterocycles. The molecule has 1 aromatic carbocycles. The lowest BCUT2D eigenvalue weighted by atomic mass is 10.2. The molecule has 0 amide bonds. The molecule has 4 nitrogen and oxygen atoms in total. The van der Waals surface area contributed by atoms with Gasteiger partial charge in [0, 0.05) is 11.3 Å². The molecular weight excluding hydrogens is 272 g/mol. The zero-order chi connectivity index (χ0) is 14.1. The van der Waals surface area contributed by atoms with E-state index in [1.54, 1.807) is 0 Å². The molecule has 104 valence electrons. The fourth-order valence-electron chi connectivity index (χ4n) is 2.26. The highest BCUT2D eigenvalue weighted by Crippen LogP contribution is 2.35. The second-order valence-corrected chi connectivity index (χ2v) is 5.14. The van der Waals surface area contributed by atoms with E-state index in [0.717, 1.165) is 35.0 Å². The van der Waals surface area contributed by atoms with Gasteiger partial charge in [-0.1, -0.05) is 31.3 Å². The number of fused-ring (bicyclic) bond motifs is 1. The third kappa shape index (κ3) is 2.29. The number of nitrogens with one attached hydrogen (secondary N) is 1. The lowest BCUT2D eigenvalue weighted by Crippen LogP contribution is -2.24. The normalized spacial score (nSPS) is 17.0. The van der Waals surface area contributed by atoms with Crippen LogP contribution in [-0.2, 0) is 6.42 Å². The van der Waals surface area contributed by atoms with Crippen molar-refractivity contribution >= 4 is 12.2 Å². The van der Waals surface area contributed by atoms with Crippen LogP contribution < -0.4 is 9.47 Å². The van der Waals surface area contributed by atoms with Crippen LogP contribution in [0, 0.1) is 11.6 Å². The van der Waals surface area contributed by atoms with Gasteiger partial charge in [0.2, 0.25) is 0 Å². The Hall–Kier alpha value is -1.88. The molecule has 1 aliphatic rings. The summed E-state index contributed by atoms with van der Waals surface area (Å²) in [7, 11) is 0. The van der Waals surface area contributed by atoms with Gasteiger partial charge in [0.05, 0.1) is 0 Å². The van der Waals surface area contributed by atoms with E-state index in [4.69, 9.17) is 21.7 Å². The first kappa shape index (κ1) is 13.1. The van der Waals surface area contributed by atoms with Crippen molar-refractivity contribution in [1.82, 2.24) is 9.97 Å². The molecule has 5 heteroatoms. The average molecular weight is 288 g/mol. The summed E-state index contributed by atoms with van der Waals surface area (Å²) >= 11 is 5.31. The van der Waals surface area contributed by atoms with Gasteiger partial charge in [-0.3, -0.25) is 0 Å². The number of hydrogen-bond donors (Lipinski definition) is 1. The summed E-state index contributed by atoms with van der Waals surface area (Å²) in [6, 6.07) is 7.64. The number of aromatic amines is 1. The second-order valence-electron chi connectivity index (χ2n) is 4.75. The van der Waals surface area contributed by atoms with E-state index >= 15 is 0 Å². The molecule has 0 aliphatic carbocycles. The van der Waals surface area contributed by atoms with Crippen LogP contribution in [0.3, 0.4) is 0 Å². The molecule has 1 unspecified atom stereocenters. The molecule has 1 aromatic heterocycles. The number of H-pyrrole nitrogens is 1. The first-order valence-corrected chi connectivity index (χ1v) is 7.08. The fraction of sp³-hybridized carbons (Fsp3) is 0.333. The summed E-state index contributed by atoms with van der Waals surface area (Å²) in [5, 5.41) is 0. The van der Waals surface area contributed by atoms with E-state index in [0.29, 0.717) is 11.2 Å². The Bertz CT molecular complexity index is 697. The maximum absolute atomic E-state index is 5.95. The summed E-state index contributed by atoms with van der Waals surface area (Å²) in [6.45, 7) is 4.51. The molecule has 0 spiro atoms. The van der Waals surface area contributed by atoms with Crippen molar-refractivity contribution in [2.75, 3.05) is 6.61 Å². The van der Waals surface area contributed by atoms with E-state index in [9.17, 15) is 0 Å². The zero-order valence-electron chi connectivity index (χ0n) is 11.5. The van der Waals surface area contributed by atoms with Crippen molar-refractivity contribution in [2.24, 2.45) is 0 Å². The molecule has 0 radical (unpaired) electrons.